The molecule has 1 aliphatic carbocycles. The first-order chi connectivity index (χ1) is 18.0. The molecule has 1 aromatic carbocycles. The van der Waals surface area contributed by atoms with Crippen LogP contribution >= 0.6 is 0 Å². The van der Waals surface area contributed by atoms with Crippen LogP contribution in [0.1, 0.15) is 46.8 Å². The maximum Gasteiger partial charge on any atom is 0.171 e. The molecule has 1 fully saturated rings. The minimum absolute atomic E-state index is 0.540. The first kappa shape index (κ1) is 21.7. The molecule has 184 valence electrons. The summed E-state index contributed by atoms with van der Waals surface area (Å²) >= 11 is 0. The lowest BCUT2D eigenvalue weighted by Gasteiger charge is -2.15. The second kappa shape index (κ2) is 8.26. The molecule has 9 nitrogen and oxygen atoms in total. The van der Waals surface area contributed by atoms with Crippen LogP contribution < -0.4 is 11.1 Å². The van der Waals surface area contributed by atoms with E-state index in [1.165, 1.54) is 35.1 Å². The largest absolute Gasteiger partial charge is 0.383 e. The lowest BCUT2D eigenvalue weighted by atomic mass is 9.96. The highest BCUT2D eigenvalue weighted by Gasteiger charge is 2.24. The van der Waals surface area contributed by atoms with Gasteiger partial charge in [-0.3, -0.25) is 0 Å². The van der Waals surface area contributed by atoms with Crippen molar-refractivity contribution < 1.29 is 0 Å². The number of imidazole rings is 1. The number of nitrogens with one attached hydrogen (secondary N) is 1. The normalized spacial score (nSPS) is 13.7. The van der Waals surface area contributed by atoms with Crippen molar-refractivity contribution in [2.75, 3.05) is 11.1 Å². The van der Waals surface area contributed by atoms with Crippen molar-refractivity contribution in [2.45, 2.75) is 45.7 Å². The Balaban J connectivity index is 1.15. The number of nitrogens with two attached hydrogens (primary N) is 1. The Hall–Kier alpha value is -4.53. The lowest BCUT2D eigenvalue weighted by Crippen LogP contribution is -2.06. The maximum absolute atomic E-state index is 6.11. The molecule has 1 saturated carbocycles. The summed E-state index contributed by atoms with van der Waals surface area (Å²) in [6, 6.07) is 10.4. The molecule has 0 amide bonds. The molecule has 0 unspecified atom stereocenters. The Labute approximate surface area is 213 Å². The molecule has 1 aliphatic rings. The topological polar surface area (TPSA) is 112 Å². The predicted molar refractivity (Wildman–Crippen MR) is 145 cm³/mol. The molecule has 5 aromatic heterocycles. The van der Waals surface area contributed by atoms with Gasteiger partial charge in [-0.05, 0) is 78.4 Å². The van der Waals surface area contributed by atoms with Gasteiger partial charge >= 0.3 is 0 Å². The Kier molecular flexibility index (Phi) is 4.85. The van der Waals surface area contributed by atoms with Crippen LogP contribution in [0, 0.1) is 13.8 Å². The summed E-state index contributed by atoms with van der Waals surface area (Å²) in [4.78, 5) is 18.1. The Morgan fingerprint density at radius 3 is 2.81 bits per heavy atom. The average Bonchev–Trinajstić information content (AvgIpc) is 3.56. The number of anilines is 2. The molecule has 0 spiro atoms. The number of aromatic nitrogens is 7. The van der Waals surface area contributed by atoms with Gasteiger partial charge in [-0.1, -0.05) is 6.07 Å². The molecule has 0 aliphatic heterocycles. The number of fused-ring (bicyclic) bond motifs is 3. The van der Waals surface area contributed by atoms with E-state index in [4.69, 9.17) is 15.8 Å². The van der Waals surface area contributed by atoms with Crippen molar-refractivity contribution in [3.05, 3.63) is 83.3 Å². The van der Waals surface area contributed by atoms with Gasteiger partial charge in [0.1, 0.15) is 17.2 Å². The van der Waals surface area contributed by atoms with Crippen LogP contribution in [0.5, 0.6) is 0 Å². The van der Waals surface area contributed by atoms with Crippen LogP contribution in [-0.4, -0.2) is 34.1 Å². The van der Waals surface area contributed by atoms with Crippen LogP contribution in [0.25, 0.3) is 27.5 Å². The minimum atomic E-state index is 0.540. The molecule has 3 N–H and O–H groups in total. The third-order valence-electron chi connectivity index (χ3n) is 7.43. The van der Waals surface area contributed by atoms with E-state index in [-0.39, 0.29) is 0 Å². The van der Waals surface area contributed by atoms with E-state index in [0.717, 1.165) is 39.1 Å². The minimum Gasteiger partial charge on any atom is -0.383 e. The van der Waals surface area contributed by atoms with Gasteiger partial charge in [0.25, 0.3) is 0 Å². The molecule has 0 bridgehead atoms. The van der Waals surface area contributed by atoms with Crippen molar-refractivity contribution in [3.63, 3.8) is 0 Å². The van der Waals surface area contributed by atoms with Gasteiger partial charge in [-0.2, -0.15) is 0 Å². The standard InChI is InChI=1S/C28H27N9/c1-16-9-21-20(7-8-30-28(21)29)17(2)22(16)11-31-25-10-24-23(12-32-25)33-15-36(24)14-26-34-27-6-5-19(18-3-4-18)13-37(27)35-26/h5-10,12-13,15,18H,3-4,11,14H2,1-2H3,(H2,29,30)(H,31,32). The second-order valence-electron chi connectivity index (χ2n) is 9.94. The smallest absolute Gasteiger partial charge is 0.171 e. The number of nitrogen functional groups attached to an aromatic ring is 1. The third kappa shape index (κ3) is 3.83. The Bertz CT molecular complexity index is 1810. The highest BCUT2D eigenvalue weighted by molar-refractivity contribution is 5.94. The van der Waals surface area contributed by atoms with Crippen molar-refractivity contribution in [3.8, 4) is 0 Å². The van der Waals surface area contributed by atoms with E-state index >= 15 is 0 Å². The molecular formula is C28H27N9. The van der Waals surface area contributed by atoms with Gasteiger partial charge in [-0.25, -0.2) is 24.5 Å². The summed E-state index contributed by atoms with van der Waals surface area (Å²) in [6.07, 6.45) is 10.0. The van der Waals surface area contributed by atoms with E-state index in [1.807, 2.05) is 23.0 Å². The molecule has 37 heavy (non-hydrogen) atoms. The van der Waals surface area contributed by atoms with E-state index in [0.29, 0.717) is 24.8 Å². The number of hydrogen-bond acceptors (Lipinski definition) is 7. The second-order valence-corrected chi connectivity index (χ2v) is 9.94. The molecule has 6 aromatic rings. The monoisotopic (exact) mass is 489 g/mol. The zero-order chi connectivity index (χ0) is 25.1. The molecule has 5 heterocycles. The summed E-state index contributed by atoms with van der Waals surface area (Å²) in [6.45, 7) is 5.43. The quantitative estimate of drug-likeness (QED) is 0.347. The Morgan fingerprint density at radius 1 is 1.05 bits per heavy atom. The zero-order valence-electron chi connectivity index (χ0n) is 20.8. The van der Waals surface area contributed by atoms with Crippen molar-refractivity contribution >= 4 is 39.1 Å². The SMILES string of the molecule is Cc1cc2c(N)nccc2c(C)c1CNc1cc2c(cn1)ncn2Cc1nc2ccc(C3CC3)cn2n1. The lowest BCUT2D eigenvalue weighted by molar-refractivity contribution is 0.756. The van der Waals surface area contributed by atoms with Crippen LogP contribution in [0.4, 0.5) is 11.6 Å². The van der Waals surface area contributed by atoms with Gasteiger partial charge < -0.3 is 15.6 Å². The van der Waals surface area contributed by atoms with Crippen LogP contribution in [-0.2, 0) is 13.1 Å². The molecule has 9 heteroatoms. The summed E-state index contributed by atoms with van der Waals surface area (Å²) in [5.41, 5.74) is 13.7. The summed E-state index contributed by atoms with van der Waals surface area (Å²) in [5.74, 6) is 2.80. The number of pyridine rings is 3. The zero-order valence-corrected chi connectivity index (χ0v) is 20.8. The van der Waals surface area contributed by atoms with Gasteiger partial charge in [0.2, 0.25) is 0 Å². The molecule has 0 atom stereocenters. The first-order valence-electron chi connectivity index (χ1n) is 12.6. The number of aryl methyl sites for hydroxylation is 2. The third-order valence-corrected chi connectivity index (χ3v) is 7.43. The van der Waals surface area contributed by atoms with Gasteiger partial charge in [-0.15, -0.1) is 5.10 Å². The van der Waals surface area contributed by atoms with E-state index in [2.05, 4.69) is 63.1 Å². The number of nitrogens with zero attached hydrogens (tertiary/aromatic N) is 7. The molecule has 7 rings (SSSR count). The van der Waals surface area contributed by atoms with E-state index in [9.17, 15) is 0 Å². The fraction of sp³-hybridized carbons (Fsp3) is 0.250. The van der Waals surface area contributed by atoms with E-state index in [1.54, 1.807) is 12.4 Å². The molecule has 0 saturated heterocycles. The highest BCUT2D eigenvalue weighted by atomic mass is 15.3. The first-order valence-corrected chi connectivity index (χ1v) is 12.6. The predicted octanol–water partition coefficient (Wildman–Crippen LogP) is 4.76. The van der Waals surface area contributed by atoms with Crippen molar-refractivity contribution in [2.24, 2.45) is 0 Å². The van der Waals surface area contributed by atoms with Gasteiger partial charge in [0.05, 0.1) is 24.6 Å². The van der Waals surface area contributed by atoms with Crippen LogP contribution in [0.15, 0.2) is 55.2 Å². The highest BCUT2D eigenvalue weighted by Crippen LogP contribution is 2.39. The Morgan fingerprint density at radius 2 is 1.95 bits per heavy atom. The summed E-state index contributed by atoms with van der Waals surface area (Å²) in [5, 5.41) is 10.4. The van der Waals surface area contributed by atoms with Gasteiger partial charge in [0, 0.05) is 30.4 Å². The number of hydrogen-bond donors (Lipinski definition) is 2. The van der Waals surface area contributed by atoms with E-state index < -0.39 is 0 Å². The van der Waals surface area contributed by atoms with Crippen LogP contribution in [0.3, 0.4) is 0 Å². The number of rotatable bonds is 6. The molecular weight excluding hydrogens is 462 g/mol. The molecule has 0 radical (unpaired) electrons. The number of benzene rings is 1. The van der Waals surface area contributed by atoms with Crippen molar-refractivity contribution in [1.82, 2.24) is 34.1 Å². The summed E-state index contributed by atoms with van der Waals surface area (Å²) in [7, 11) is 0. The van der Waals surface area contributed by atoms with Gasteiger partial charge in [0.15, 0.2) is 11.5 Å². The van der Waals surface area contributed by atoms with Crippen LogP contribution in [0.2, 0.25) is 0 Å². The average molecular weight is 490 g/mol. The van der Waals surface area contributed by atoms with Crippen molar-refractivity contribution in [1.29, 1.82) is 0 Å². The fourth-order valence-electron chi connectivity index (χ4n) is 5.19. The fourth-order valence-corrected chi connectivity index (χ4v) is 5.19. The summed E-state index contributed by atoms with van der Waals surface area (Å²) < 4.78 is 3.97. The maximum atomic E-state index is 6.11.